The Morgan fingerprint density at radius 1 is 1.19 bits per heavy atom. The minimum absolute atomic E-state index is 0.161. The molecule has 3 N–H and O–H groups in total. The number of hydrogen-bond donors (Lipinski definition) is 2. The molecule has 7 heteroatoms. The molecule has 1 atom stereocenters. The van der Waals surface area contributed by atoms with Gasteiger partial charge < -0.3 is 20.7 Å². The van der Waals surface area contributed by atoms with Crippen LogP contribution < -0.4 is 11.1 Å². The lowest BCUT2D eigenvalue weighted by Gasteiger charge is -2.27. The van der Waals surface area contributed by atoms with E-state index in [1.54, 1.807) is 0 Å². The van der Waals surface area contributed by atoms with Gasteiger partial charge in [0.2, 0.25) is 11.8 Å². The SMILES string of the molecule is NC(C(=O)Nc1ccc(CC(=O)N2CCSCC2)cc1)C1CCOCC1. The molecule has 0 spiro atoms. The molecule has 1 aromatic carbocycles. The van der Waals surface area contributed by atoms with Gasteiger partial charge in [0.15, 0.2) is 0 Å². The molecule has 1 unspecified atom stereocenters. The van der Waals surface area contributed by atoms with Gasteiger partial charge in [-0.05, 0) is 36.5 Å². The number of thioether (sulfide) groups is 1. The third-order valence-corrected chi connectivity index (χ3v) is 5.96. The average Bonchev–Trinajstić information content (AvgIpc) is 2.70. The Kier molecular flexibility index (Phi) is 6.93. The molecule has 2 aliphatic heterocycles. The minimum Gasteiger partial charge on any atom is -0.381 e. The summed E-state index contributed by atoms with van der Waals surface area (Å²) in [4.78, 5) is 26.6. The number of anilines is 1. The first-order chi connectivity index (χ1) is 12.6. The van der Waals surface area contributed by atoms with Crippen LogP contribution in [0.1, 0.15) is 18.4 Å². The molecular weight excluding hydrogens is 350 g/mol. The van der Waals surface area contributed by atoms with Crippen molar-refractivity contribution < 1.29 is 14.3 Å². The molecule has 26 heavy (non-hydrogen) atoms. The predicted octanol–water partition coefficient (Wildman–Crippen LogP) is 1.50. The lowest BCUT2D eigenvalue weighted by Crippen LogP contribution is -2.44. The third-order valence-electron chi connectivity index (χ3n) is 5.02. The van der Waals surface area contributed by atoms with E-state index in [1.165, 1.54) is 0 Å². The van der Waals surface area contributed by atoms with Crippen LogP contribution in [0.3, 0.4) is 0 Å². The summed E-state index contributed by atoms with van der Waals surface area (Å²) in [6.07, 6.45) is 2.05. The number of nitrogens with zero attached hydrogens (tertiary/aromatic N) is 1. The molecule has 0 bridgehead atoms. The summed E-state index contributed by atoms with van der Waals surface area (Å²) in [6, 6.07) is 6.95. The van der Waals surface area contributed by atoms with Crippen LogP contribution in [0.25, 0.3) is 0 Å². The number of amides is 2. The second-order valence-electron chi connectivity index (χ2n) is 6.83. The van der Waals surface area contributed by atoms with Gasteiger partial charge in [0.25, 0.3) is 0 Å². The van der Waals surface area contributed by atoms with Crippen molar-refractivity contribution in [3.8, 4) is 0 Å². The zero-order valence-electron chi connectivity index (χ0n) is 15.0. The monoisotopic (exact) mass is 377 g/mol. The highest BCUT2D eigenvalue weighted by atomic mass is 32.2. The smallest absolute Gasteiger partial charge is 0.241 e. The van der Waals surface area contributed by atoms with Crippen LogP contribution in [0, 0.1) is 5.92 Å². The van der Waals surface area contributed by atoms with Crippen LogP contribution in [-0.2, 0) is 20.7 Å². The standard InChI is InChI=1S/C19H27N3O3S/c20-18(15-5-9-25-10-6-15)19(24)21-16-3-1-14(2-4-16)13-17(23)22-7-11-26-12-8-22/h1-4,15,18H,5-13,20H2,(H,21,24). The topological polar surface area (TPSA) is 84.7 Å². The summed E-state index contributed by atoms with van der Waals surface area (Å²) in [5, 5.41) is 2.88. The maximum Gasteiger partial charge on any atom is 0.241 e. The van der Waals surface area contributed by atoms with Crippen molar-refractivity contribution in [2.75, 3.05) is 43.1 Å². The molecule has 2 saturated heterocycles. The van der Waals surface area contributed by atoms with Crippen molar-refractivity contribution in [3.05, 3.63) is 29.8 Å². The van der Waals surface area contributed by atoms with Crippen molar-refractivity contribution in [2.24, 2.45) is 11.7 Å². The first-order valence-corrected chi connectivity index (χ1v) is 10.4. The largest absolute Gasteiger partial charge is 0.381 e. The number of nitrogens with two attached hydrogens (primary N) is 1. The van der Waals surface area contributed by atoms with Crippen LogP contribution in [0.2, 0.25) is 0 Å². The Morgan fingerprint density at radius 2 is 1.85 bits per heavy atom. The lowest BCUT2D eigenvalue weighted by molar-refractivity contribution is -0.130. The molecule has 2 heterocycles. The fraction of sp³-hybridized carbons (Fsp3) is 0.579. The van der Waals surface area contributed by atoms with Gasteiger partial charge in [-0.15, -0.1) is 0 Å². The van der Waals surface area contributed by atoms with Gasteiger partial charge in [0.05, 0.1) is 12.5 Å². The molecule has 0 saturated carbocycles. The van der Waals surface area contributed by atoms with Crippen molar-refractivity contribution in [2.45, 2.75) is 25.3 Å². The van der Waals surface area contributed by atoms with E-state index in [9.17, 15) is 9.59 Å². The predicted molar refractivity (Wildman–Crippen MR) is 104 cm³/mol. The number of carbonyl (C=O) groups is 2. The number of benzene rings is 1. The summed E-state index contributed by atoms with van der Waals surface area (Å²) in [6.45, 7) is 3.01. The second kappa shape index (κ2) is 9.39. The molecule has 142 valence electrons. The molecule has 2 amide bonds. The van der Waals surface area contributed by atoms with E-state index >= 15 is 0 Å². The average molecular weight is 378 g/mol. The van der Waals surface area contributed by atoms with Crippen molar-refractivity contribution in [3.63, 3.8) is 0 Å². The minimum atomic E-state index is -0.517. The van der Waals surface area contributed by atoms with Crippen LogP contribution in [0.15, 0.2) is 24.3 Å². The van der Waals surface area contributed by atoms with Gasteiger partial charge >= 0.3 is 0 Å². The van der Waals surface area contributed by atoms with Gasteiger partial charge in [-0.3, -0.25) is 9.59 Å². The number of rotatable bonds is 5. The summed E-state index contributed by atoms with van der Waals surface area (Å²) < 4.78 is 5.32. The van der Waals surface area contributed by atoms with Gasteiger partial charge in [0.1, 0.15) is 0 Å². The molecule has 2 fully saturated rings. The number of nitrogens with one attached hydrogen (secondary N) is 1. The maximum atomic E-state index is 12.3. The summed E-state index contributed by atoms with van der Waals surface area (Å²) >= 11 is 1.89. The van der Waals surface area contributed by atoms with Gasteiger partial charge in [-0.2, -0.15) is 11.8 Å². The van der Waals surface area contributed by atoms with Crippen LogP contribution in [-0.4, -0.2) is 60.6 Å². The molecule has 0 aromatic heterocycles. The fourth-order valence-electron chi connectivity index (χ4n) is 3.32. The second-order valence-corrected chi connectivity index (χ2v) is 8.06. The fourth-order valence-corrected chi connectivity index (χ4v) is 4.22. The van der Waals surface area contributed by atoms with Crippen LogP contribution in [0.5, 0.6) is 0 Å². The highest BCUT2D eigenvalue weighted by Crippen LogP contribution is 2.19. The highest BCUT2D eigenvalue weighted by molar-refractivity contribution is 7.99. The molecular formula is C19H27N3O3S. The summed E-state index contributed by atoms with van der Waals surface area (Å²) in [7, 11) is 0. The molecule has 6 nitrogen and oxygen atoms in total. The maximum absolute atomic E-state index is 12.3. The van der Waals surface area contributed by atoms with E-state index in [2.05, 4.69) is 5.32 Å². The molecule has 2 aliphatic rings. The molecule has 0 aliphatic carbocycles. The third kappa shape index (κ3) is 5.22. The van der Waals surface area contributed by atoms with Gasteiger partial charge in [-0.1, -0.05) is 12.1 Å². The Balaban J connectivity index is 1.50. The van der Waals surface area contributed by atoms with Crippen molar-refractivity contribution >= 4 is 29.3 Å². The van der Waals surface area contributed by atoms with Gasteiger partial charge in [0, 0.05) is 43.5 Å². The van der Waals surface area contributed by atoms with E-state index in [1.807, 2.05) is 40.9 Å². The number of ether oxygens (including phenoxy) is 1. The normalized spacial score (nSPS) is 19.8. The van der Waals surface area contributed by atoms with E-state index in [-0.39, 0.29) is 17.7 Å². The Bertz CT molecular complexity index is 611. The molecule has 3 rings (SSSR count). The quantitative estimate of drug-likeness (QED) is 0.812. The first-order valence-electron chi connectivity index (χ1n) is 9.22. The van der Waals surface area contributed by atoms with Gasteiger partial charge in [-0.25, -0.2) is 0 Å². The van der Waals surface area contributed by atoms with Crippen molar-refractivity contribution in [1.29, 1.82) is 0 Å². The van der Waals surface area contributed by atoms with Crippen LogP contribution >= 0.6 is 11.8 Å². The van der Waals surface area contributed by atoms with E-state index in [0.717, 1.165) is 43.0 Å². The van der Waals surface area contributed by atoms with E-state index < -0.39 is 6.04 Å². The Hall–Kier alpha value is -1.57. The van der Waals surface area contributed by atoms with Crippen molar-refractivity contribution in [1.82, 2.24) is 4.90 Å². The first kappa shape index (κ1) is 19.2. The number of hydrogen-bond acceptors (Lipinski definition) is 5. The molecule has 0 radical (unpaired) electrons. The van der Waals surface area contributed by atoms with E-state index in [0.29, 0.717) is 25.3 Å². The van der Waals surface area contributed by atoms with Crippen LogP contribution in [0.4, 0.5) is 5.69 Å². The Morgan fingerprint density at radius 3 is 2.50 bits per heavy atom. The zero-order chi connectivity index (χ0) is 18.4. The summed E-state index contributed by atoms with van der Waals surface area (Å²) in [5.41, 5.74) is 7.77. The lowest BCUT2D eigenvalue weighted by atomic mass is 9.92. The zero-order valence-corrected chi connectivity index (χ0v) is 15.8. The van der Waals surface area contributed by atoms with E-state index in [4.69, 9.17) is 10.5 Å². The highest BCUT2D eigenvalue weighted by Gasteiger charge is 2.26. The Labute approximate surface area is 158 Å². The number of carbonyl (C=O) groups excluding carboxylic acids is 2. The molecule has 1 aromatic rings. The summed E-state index contributed by atoms with van der Waals surface area (Å²) in [5.74, 6) is 2.22.